The Balaban J connectivity index is 1.52. The minimum absolute atomic E-state index is 0.0346. The Morgan fingerprint density at radius 2 is 1.69 bits per heavy atom. The number of ketones is 1. The Hall–Kier alpha value is -4.26. The van der Waals surface area contributed by atoms with Crippen LogP contribution in [0, 0.1) is 10.1 Å². The third-order valence-electron chi connectivity index (χ3n) is 4.48. The smallest absolute Gasteiger partial charge is 0.269 e. The van der Waals surface area contributed by atoms with Crippen LogP contribution >= 0.6 is 0 Å². The fraction of sp³-hybridized carbons (Fsp3) is 0. The summed E-state index contributed by atoms with van der Waals surface area (Å²) in [5.74, 6) is -0.112. The molecule has 0 N–H and O–H groups in total. The number of non-ortho nitro benzene ring substituents is 1. The lowest BCUT2D eigenvalue weighted by Gasteiger charge is -2.06. The number of allylic oxidation sites excluding steroid dienone is 1. The van der Waals surface area contributed by atoms with Gasteiger partial charge in [-0.15, -0.1) is 0 Å². The summed E-state index contributed by atoms with van der Waals surface area (Å²) in [6, 6.07) is 17.3. The van der Waals surface area contributed by atoms with Crippen LogP contribution in [0.3, 0.4) is 0 Å². The molecular weight excluding hydrogens is 368 g/mol. The van der Waals surface area contributed by atoms with E-state index in [1.54, 1.807) is 42.9 Å². The molecule has 4 aromatic rings. The van der Waals surface area contributed by atoms with Gasteiger partial charge in [-0.1, -0.05) is 0 Å². The fourth-order valence-electron chi connectivity index (χ4n) is 2.97. The predicted molar refractivity (Wildman–Crippen MR) is 109 cm³/mol. The number of aromatic nitrogens is 3. The van der Waals surface area contributed by atoms with E-state index in [0.29, 0.717) is 5.56 Å². The van der Waals surface area contributed by atoms with Crippen LogP contribution in [-0.4, -0.2) is 24.8 Å². The highest BCUT2D eigenvalue weighted by Crippen LogP contribution is 2.18. The number of nitrogens with zero attached hydrogens (tertiary/aromatic N) is 4. The van der Waals surface area contributed by atoms with E-state index >= 15 is 0 Å². The molecule has 142 valence electrons. The van der Waals surface area contributed by atoms with E-state index in [9.17, 15) is 14.9 Å². The molecule has 7 nitrogen and oxygen atoms in total. The third-order valence-corrected chi connectivity index (χ3v) is 4.48. The number of rotatable bonds is 6. The van der Waals surface area contributed by atoms with Crippen molar-refractivity contribution < 1.29 is 9.72 Å². The normalized spacial score (nSPS) is 11.0. The Labute approximate surface area is 166 Å². The van der Waals surface area contributed by atoms with E-state index in [-0.39, 0.29) is 11.5 Å². The Morgan fingerprint density at radius 1 is 0.966 bits per heavy atom. The van der Waals surface area contributed by atoms with Crippen LogP contribution in [0.25, 0.3) is 17.5 Å². The molecule has 0 bridgehead atoms. The first-order valence-corrected chi connectivity index (χ1v) is 8.85. The molecule has 2 aromatic carbocycles. The van der Waals surface area contributed by atoms with Crippen molar-refractivity contribution in [2.24, 2.45) is 0 Å². The minimum atomic E-state index is -0.434. The highest BCUT2D eigenvalue weighted by Gasteiger charge is 2.07. The molecule has 4 rings (SSSR count). The zero-order chi connectivity index (χ0) is 20.2. The standard InChI is InChI=1S/C22H16N4O3/c27-22(17-3-5-18(6-4-17)24-15-13-23-16-24)12-11-19-2-1-14-25(19)20-7-9-21(10-8-20)26(28)29/h1-16H/b12-11+. The molecule has 0 radical (unpaired) electrons. The summed E-state index contributed by atoms with van der Waals surface area (Å²) in [5, 5.41) is 10.8. The van der Waals surface area contributed by atoms with Crippen LogP contribution < -0.4 is 0 Å². The molecule has 7 heteroatoms. The third kappa shape index (κ3) is 3.89. The van der Waals surface area contributed by atoms with Crippen LogP contribution in [0.15, 0.2) is 91.7 Å². The van der Waals surface area contributed by atoms with Gasteiger partial charge in [0, 0.05) is 53.4 Å². The van der Waals surface area contributed by atoms with Crippen molar-refractivity contribution in [1.82, 2.24) is 14.1 Å². The summed E-state index contributed by atoms with van der Waals surface area (Å²) >= 11 is 0. The van der Waals surface area contributed by atoms with Gasteiger partial charge < -0.3 is 9.13 Å². The maximum atomic E-state index is 12.5. The van der Waals surface area contributed by atoms with Gasteiger partial charge in [-0.25, -0.2) is 4.98 Å². The number of hydrogen-bond acceptors (Lipinski definition) is 4. The van der Waals surface area contributed by atoms with Crippen LogP contribution in [-0.2, 0) is 0 Å². The molecule has 0 amide bonds. The fourth-order valence-corrected chi connectivity index (χ4v) is 2.97. The lowest BCUT2D eigenvalue weighted by atomic mass is 10.1. The van der Waals surface area contributed by atoms with Crippen LogP contribution in [0.4, 0.5) is 5.69 Å². The molecule has 29 heavy (non-hydrogen) atoms. The Bertz CT molecular complexity index is 1170. The summed E-state index contributed by atoms with van der Waals surface area (Å²) in [5.41, 5.74) is 3.11. The molecule has 0 atom stereocenters. The number of carbonyl (C=O) groups excluding carboxylic acids is 1. The average molecular weight is 384 g/mol. The molecule has 2 heterocycles. The van der Waals surface area contributed by atoms with Crippen molar-refractivity contribution in [3.63, 3.8) is 0 Å². The van der Waals surface area contributed by atoms with Gasteiger partial charge in [0.25, 0.3) is 5.69 Å². The maximum absolute atomic E-state index is 12.5. The number of benzene rings is 2. The zero-order valence-electron chi connectivity index (χ0n) is 15.3. The number of carbonyl (C=O) groups is 1. The second-order valence-electron chi connectivity index (χ2n) is 6.29. The highest BCUT2D eigenvalue weighted by atomic mass is 16.6. The quantitative estimate of drug-likeness (QED) is 0.213. The van der Waals surface area contributed by atoms with Crippen molar-refractivity contribution in [2.75, 3.05) is 0 Å². The van der Waals surface area contributed by atoms with E-state index < -0.39 is 4.92 Å². The molecule has 0 aliphatic heterocycles. The zero-order valence-corrected chi connectivity index (χ0v) is 15.3. The van der Waals surface area contributed by atoms with E-state index in [1.807, 2.05) is 45.8 Å². The van der Waals surface area contributed by atoms with Gasteiger partial charge in [-0.2, -0.15) is 0 Å². The SMILES string of the molecule is O=C(/C=C/c1cccn1-c1ccc([N+](=O)[O-])cc1)c1ccc(-n2ccnc2)cc1. The number of imidazole rings is 1. The molecule has 0 aliphatic carbocycles. The summed E-state index contributed by atoms with van der Waals surface area (Å²) in [7, 11) is 0. The van der Waals surface area contributed by atoms with E-state index in [1.165, 1.54) is 18.2 Å². The van der Waals surface area contributed by atoms with Crippen LogP contribution in [0.1, 0.15) is 16.1 Å². The van der Waals surface area contributed by atoms with E-state index in [2.05, 4.69) is 4.98 Å². The van der Waals surface area contributed by atoms with E-state index in [0.717, 1.165) is 17.1 Å². The Morgan fingerprint density at radius 3 is 2.34 bits per heavy atom. The first-order valence-electron chi connectivity index (χ1n) is 8.85. The van der Waals surface area contributed by atoms with Crippen molar-refractivity contribution in [3.8, 4) is 11.4 Å². The monoisotopic (exact) mass is 384 g/mol. The average Bonchev–Trinajstić information content (AvgIpc) is 3.44. The van der Waals surface area contributed by atoms with Crippen molar-refractivity contribution in [3.05, 3.63) is 113 Å². The second-order valence-corrected chi connectivity index (χ2v) is 6.29. The molecule has 0 aliphatic rings. The largest absolute Gasteiger partial charge is 0.317 e. The molecule has 0 saturated heterocycles. The molecule has 2 aromatic heterocycles. The lowest BCUT2D eigenvalue weighted by Crippen LogP contribution is -1.98. The lowest BCUT2D eigenvalue weighted by molar-refractivity contribution is -0.384. The van der Waals surface area contributed by atoms with Crippen molar-refractivity contribution in [2.45, 2.75) is 0 Å². The number of nitro groups is 1. The summed E-state index contributed by atoms with van der Waals surface area (Å²) in [6.45, 7) is 0. The van der Waals surface area contributed by atoms with Gasteiger partial charge in [-0.05, 0) is 60.7 Å². The topological polar surface area (TPSA) is 83.0 Å². The van der Waals surface area contributed by atoms with Gasteiger partial charge in [0.15, 0.2) is 5.78 Å². The summed E-state index contributed by atoms with van der Waals surface area (Å²) in [4.78, 5) is 26.9. The number of hydrogen-bond donors (Lipinski definition) is 0. The van der Waals surface area contributed by atoms with Crippen LogP contribution in [0.5, 0.6) is 0 Å². The van der Waals surface area contributed by atoms with Gasteiger partial charge in [-0.3, -0.25) is 14.9 Å². The van der Waals surface area contributed by atoms with Gasteiger partial charge in [0.05, 0.1) is 11.3 Å². The Kier molecular flexibility index (Phi) is 4.86. The predicted octanol–water partition coefficient (Wildman–Crippen LogP) is 4.47. The van der Waals surface area contributed by atoms with Crippen molar-refractivity contribution in [1.29, 1.82) is 0 Å². The van der Waals surface area contributed by atoms with Crippen LogP contribution in [0.2, 0.25) is 0 Å². The molecule has 0 saturated carbocycles. The molecule has 0 unspecified atom stereocenters. The summed E-state index contributed by atoms with van der Waals surface area (Å²) < 4.78 is 3.72. The van der Waals surface area contributed by atoms with Gasteiger partial charge in [0.1, 0.15) is 0 Å². The minimum Gasteiger partial charge on any atom is -0.317 e. The molecular formula is C22H16N4O3. The first kappa shape index (κ1) is 18.1. The first-order chi connectivity index (χ1) is 14.1. The molecule has 0 fully saturated rings. The maximum Gasteiger partial charge on any atom is 0.269 e. The van der Waals surface area contributed by atoms with Gasteiger partial charge >= 0.3 is 0 Å². The van der Waals surface area contributed by atoms with E-state index in [4.69, 9.17) is 0 Å². The molecule has 0 spiro atoms. The summed E-state index contributed by atoms with van der Waals surface area (Å²) in [6.07, 6.45) is 10.3. The highest BCUT2D eigenvalue weighted by molar-refractivity contribution is 6.06. The second kappa shape index (κ2) is 7.77. The number of nitro benzene ring substituents is 1. The van der Waals surface area contributed by atoms with Gasteiger partial charge in [0.2, 0.25) is 0 Å². The van der Waals surface area contributed by atoms with Crippen molar-refractivity contribution >= 4 is 17.5 Å².